The summed E-state index contributed by atoms with van der Waals surface area (Å²) >= 11 is 0. The maximum atomic E-state index is 12.7. The van der Waals surface area contributed by atoms with Gasteiger partial charge in [0, 0.05) is 6.42 Å². The van der Waals surface area contributed by atoms with Crippen molar-refractivity contribution in [1.82, 2.24) is 0 Å². The van der Waals surface area contributed by atoms with Crippen molar-refractivity contribution in [3.05, 3.63) is 23.3 Å². The second-order valence-corrected chi connectivity index (χ2v) is 2.61. The standard InChI is InChI=1S/C9H14F2/c1-4-8(10)5-6-9(11)7(2)3/h5H,4,6H2,1-3H3/b8-5+. The van der Waals surface area contributed by atoms with Crippen molar-refractivity contribution in [2.24, 2.45) is 0 Å². The molecule has 0 rings (SSSR count). The molecule has 0 aliphatic carbocycles. The van der Waals surface area contributed by atoms with E-state index < -0.39 is 0 Å². The molecule has 0 heterocycles. The summed E-state index contributed by atoms with van der Waals surface area (Å²) in [5.74, 6) is -0.491. The maximum absolute atomic E-state index is 12.7. The van der Waals surface area contributed by atoms with Gasteiger partial charge >= 0.3 is 0 Å². The van der Waals surface area contributed by atoms with Crippen LogP contribution in [0.2, 0.25) is 0 Å². The molecule has 0 atom stereocenters. The van der Waals surface area contributed by atoms with Gasteiger partial charge in [0.15, 0.2) is 0 Å². The summed E-state index contributed by atoms with van der Waals surface area (Å²) in [5.41, 5.74) is 0.616. The van der Waals surface area contributed by atoms with Crippen LogP contribution in [0.25, 0.3) is 0 Å². The zero-order valence-electron chi connectivity index (χ0n) is 7.25. The van der Waals surface area contributed by atoms with Crippen molar-refractivity contribution in [1.29, 1.82) is 0 Å². The van der Waals surface area contributed by atoms with Crippen LogP contribution in [0.3, 0.4) is 0 Å². The van der Waals surface area contributed by atoms with E-state index in [1.54, 1.807) is 20.8 Å². The van der Waals surface area contributed by atoms with Crippen molar-refractivity contribution in [3.63, 3.8) is 0 Å². The minimum atomic E-state index is -0.249. The molecule has 0 saturated carbocycles. The van der Waals surface area contributed by atoms with Crippen LogP contribution in [0.5, 0.6) is 0 Å². The molecular weight excluding hydrogens is 146 g/mol. The molecule has 0 bridgehead atoms. The summed E-state index contributed by atoms with van der Waals surface area (Å²) in [6, 6.07) is 0. The van der Waals surface area contributed by atoms with Gasteiger partial charge in [-0.05, 0) is 31.9 Å². The second kappa shape index (κ2) is 5.05. The summed E-state index contributed by atoms with van der Waals surface area (Å²) in [5, 5.41) is 0. The fourth-order valence-corrected chi connectivity index (χ4v) is 0.549. The number of hydrogen-bond acceptors (Lipinski definition) is 0. The van der Waals surface area contributed by atoms with E-state index in [9.17, 15) is 8.78 Å². The average Bonchev–Trinajstić information content (AvgIpc) is 1.99. The van der Waals surface area contributed by atoms with Crippen LogP contribution in [-0.2, 0) is 0 Å². The number of rotatable bonds is 3. The maximum Gasteiger partial charge on any atom is 0.102 e. The Labute approximate surface area is 66.6 Å². The molecule has 0 fully saturated rings. The Kier molecular flexibility index (Phi) is 4.75. The minimum absolute atomic E-state index is 0.0853. The molecule has 0 spiro atoms. The first-order valence-corrected chi connectivity index (χ1v) is 3.74. The van der Waals surface area contributed by atoms with Crippen LogP contribution in [0.15, 0.2) is 23.3 Å². The SMILES string of the molecule is CC/C(F)=C\CC(F)=C(C)C. The van der Waals surface area contributed by atoms with E-state index in [-0.39, 0.29) is 18.1 Å². The third kappa shape index (κ3) is 4.71. The second-order valence-electron chi connectivity index (χ2n) is 2.61. The fraction of sp³-hybridized carbons (Fsp3) is 0.556. The highest BCUT2D eigenvalue weighted by atomic mass is 19.1. The molecule has 0 unspecified atom stereocenters. The van der Waals surface area contributed by atoms with Gasteiger partial charge in [-0.25, -0.2) is 8.78 Å². The number of hydrogen-bond donors (Lipinski definition) is 0. The molecule has 2 heteroatoms. The monoisotopic (exact) mass is 160 g/mol. The third-order valence-electron chi connectivity index (χ3n) is 1.38. The topological polar surface area (TPSA) is 0 Å². The molecule has 0 aromatic rings. The van der Waals surface area contributed by atoms with Crippen LogP contribution in [-0.4, -0.2) is 0 Å². The summed E-state index contributed by atoms with van der Waals surface area (Å²) in [4.78, 5) is 0. The van der Waals surface area contributed by atoms with Gasteiger partial charge < -0.3 is 0 Å². The lowest BCUT2D eigenvalue weighted by molar-refractivity contribution is 0.576. The first kappa shape index (κ1) is 10.3. The molecule has 0 N–H and O–H groups in total. The molecule has 0 nitrogen and oxygen atoms in total. The Morgan fingerprint density at radius 3 is 2.18 bits per heavy atom. The Balaban J connectivity index is 3.99. The minimum Gasteiger partial charge on any atom is -0.212 e. The van der Waals surface area contributed by atoms with E-state index in [2.05, 4.69) is 0 Å². The molecule has 11 heavy (non-hydrogen) atoms. The molecule has 0 aliphatic heterocycles. The normalized spacial score (nSPS) is 11.5. The molecule has 0 amide bonds. The Bertz CT molecular complexity index is 174. The Morgan fingerprint density at radius 2 is 1.82 bits per heavy atom. The lowest BCUT2D eigenvalue weighted by atomic mass is 10.2. The zero-order valence-corrected chi connectivity index (χ0v) is 7.25. The first-order chi connectivity index (χ1) is 5.07. The largest absolute Gasteiger partial charge is 0.212 e. The number of allylic oxidation sites excluding steroid dienone is 4. The molecule has 0 radical (unpaired) electrons. The van der Waals surface area contributed by atoms with Crippen molar-refractivity contribution >= 4 is 0 Å². The molecule has 0 aromatic carbocycles. The third-order valence-corrected chi connectivity index (χ3v) is 1.38. The molecule has 0 aliphatic rings. The summed E-state index contributed by atoms with van der Waals surface area (Å²) in [6.07, 6.45) is 1.71. The van der Waals surface area contributed by atoms with Gasteiger partial charge in [0.2, 0.25) is 0 Å². The van der Waals surface area contributed by atoms with Gasteiger partial charge in [-0.3, -0.25) is 0 Å². The van der Waals surface area contributed by atoms with E-state index in [1.165, 1.54) is 6.08 Å². The molecule has 0 saturated heterocycles. The van der Waals surface area contributed by atoms with Crippen LogP contribution >= 0.6 is 0 Å². The lowest BCUT2D eigenvalue weighted by Crippen LogP contribution is -1.77. The van der Waals surface area contributed by atoms with E-state index in [4.69, 9.17) is 0 Å². The van der Waals surface area contributed by atoms with Crippen molar-refractivity contribution < 1.29 is 8.78 Å². The van der Waals surface area contributed by atoms with Gasteiger partial charge in [0.1, 0.15) is 5.83 Å². The van der Waals surface area contributed by atoms with Crippen LogP contribution in [0.1, 0.15) is 33.6 Å². The van der Waals surface area contributed by atoms with Crippen LogP contribution in [0, 0.1) is 0 Å². The zero-order chi connectivity index (χ0) is 8.85. The summed E-state index contributed by atoms with van der Waals surface area (Å²) in [6.45, 7) is 5.05. The quantitative estimate of drug-likeness (QED) is 0.587. The Hall–Kier alpha value is -0.660. The molecule has 0 aromatic heterocycles. The molecular formula is C9H14F2. The smallest absolute Gasteiger partial charge is 0.102 e. The van der Waals surface area contributed by atoms with Crippen molar-refractivity contribution in [3.8, 4) is 0 Å². The van der Waals surface area contributed by atoms with Gasteiger partial charge in [-0.2, -0.15) is 0 Å². The van der Waals surface area contributed by atoms with Crippen molar-refractivity contribution in [2.75, 3.05) is 0 Å². The average molecular weight is 160 g/mol. The van der Waals surface area contributed by atoms with E-state index in [0.717, 1.165) is 0 Å². The van der Waals surface area contributed by atoms with E-state index >= 15 is 0 Å². The lowest BCUT2D eigenvalue weighted by Gasteiger charge is -1.94. The van der Waals surface area contributed by atoms with Gasteiger partial charge in [0.25, 0.3) is 0 Å². The highest BCUT2D eigenvalue weighted by Crippen LogP contribution is 2.13. The van der Waals surface area contributed by atoms with E-state index in [0.29, 0.717) is 12.0 Å². The predicted octanol–water partition coefficient (Wildman–Crippen LogP) is 3.90. The van der Waals surface area contributed by atoms with E-state index in [1.807, 2.05) is 0 Å². The summed E-state index contributed by atoms with van der Waals surface area (Å²) in [7, 11) is 0. The predicted molar refractivity (Wildman–Crippen MR) is 43.6 cm³/mol. The van der Waals surface area contributed by atoms with Crippen LogP contribution < -0.4 is 0 Å². The van der Waals surface area contributed by atoms with Crippen molar-refractivity contribution in [2.45, 2.75) is 33.6 Å². The highest BCUT2D eigenvalue weighted by Gasteiger charge is 1.95. The van der Waals surface area contributed by atoms with Crippen LogP contribution in [0.4, 0.5) is 8.78 Å². The summed E-state index contributed by atoms with van der Waals surface area (Å²) < 4.78 is 25.1. The number of halogens is 2. The Morgan fingerprint density at radius 1 is 1.27 bits per heavy atom. The highest BCUT2D eigenvalue weighted by molar-refractivity contribution is 5.07. The fourth-order valence-electron chi connectivity index (χ4n) is 0.549. The van der Waals surface area contributed by atoms with Gasteiger partial charge in [-0.15, -0.1) is 0 Å². The van der Waals surface area contributed by atoms with Gasteiger partial charge in [0.05, 0.1) is 5.83 Å². The molecule has 64 valence electrons. The first-order valence-electron chi connectivity index (χ1n) is 3.74. The van der Waals surface area contributed by atoms with Gasteiger partial charge in [-0.1, -0.05) is 6.92 Å².